The first-order chi connectivity index (χ1) is 9.61. The van der Waals surface area contributed by atoms with Gasteiger partial charge in [0.25, 0.3) is 0 Å². The van der Waals surface area contributed by atoms with Crippen LogP contribution in [0.25, 0.3) is 0 Å². The first kappa shape index (κ1) is 15.5. The molecule has 1 saturated heterocycles. The summed E-state index contributed by atoms with van der Waals surface area (Å²) >= 11 is 0. The van der Waals surface area contributed by atoms with Crippen LogP contribution in [0, 0.1) is 0 Å². The molecular formula is C18H30N2. The molecule has 0 amide bonds. The third-order valence-corrected chi connectivity index (χ3v) is 5.03. The lowest BCUT2D eigenvalue weighted by atomic mass is 9.91. The number of benzene rings is 1. The number of rotatable bonds is 5. The fraction of sp³-hybridized carbons (Fsp3) is 0.667. The number of hydrogen-bond acceptors (Lipinski definition) is 2. The van der Waals surface area contributed by atoms with Gasteiger partial charge >= 0.3 is 0 Å². The quantitative estimate of drug-likeness (QED) is 0.882. The second kappa shape index (κ2) is 6.73. The minimum absolute atomic E-state index is 0.287. The fourth-order valence-corrected chi connectivity index (χ4v) is 3.01. The average molecular weight is 274 g/mol. The molecule has 1 aliphatic heterocycles. The maximum atomic E-state index is 3.70. The zero-order chi connectivity index (χ0) is 14.6. The number of piperazine rings is 1. The molecule has 112 valence electrons. The highest BCUT2D eigenvalue weighted by Gasteiger charge is 2.35. The van der Waals surface area contributed by atoms with Crippen molar-refractivity contribution in [1.82, 2.24) is 10.2 Å². The highest BCUT2D eigenvalue weighted by molar-refractivity contribution is 5.22. The lowest BCUT2D eigenvalue weighted by Crippen LogP contribution is -2.62. The summed E-state index contributed by atoms with van der Waals surface area (Å²) in [5.74, 6) is 0. The Kier molecular flexibility index (Phi) is 5.22. The predicted octanol–water partition coefficient (Wildman–Crippen LogP) is 3.60. The normalized spacial score (nSPS) is 27.7. The Hall–Kier alpha value is -0.860. The predicted molar refractivity (Wildman–Crippen MR) is 87.0 cm³/mol. The maximum Gasteiger partial charge on any atom is 0.0307 e. The van der Waals surface area contributed by atoms with Gasteiger partial charge in [0, 0.05) is 31.2 Å². The molecule has 1 aromatic rings. The zero-order valence-corrected chi connectivity index (χ0v) is 13.6. The smallest absolute Gasteiger partial charge is 0.0307 e. The molecule has 0 spiro atoms. The van der Waals surface area contributed by atoms with Crippen LogP contribution < -0.4 is 5.32 Å². The van der Waals surface area contributed by atoms with Crippen LogP contribution in [0.5, 0.6) is 0 Å². The molecule has 1 aliphatic rings. The summed E-state index contributed by atoms with van der Waals surface area (Å²) in [6, 6.07) is 9.80. The molecule has 2 rings (SSSR count). The van der Waals surface area contributed by atoms with Crippen LogP contribution in [0.4, 0.5) is 0 Å². The summed E-state index contributed by atoms with van der Waals surface area (Å²) in [4.78, 5) is 2.68. The molecule has 1 N–H and O–H groups in total. The number of hydrogen-bond donors (Lipinski definition) is 1. The van der Waals surface area contributed by atoms with Crippen molar-refractivity contribution in [2.45, 2.75) is 65.1 Å². The second-order valence-electron chi connectivity index (χ2n) is 6.39. The number of aryl methyl sites for hydroxylation is 1. The van der Waals surface area contributed by atoms with Gasteiger partial charge in [-0.05, 0) is 37.3 Å². The third-order valence-electron chi connectivity index (χ3n) is 5.03. The summed E-state index contributed by atoms with van der Waals surface area (Å²) in [6.07, 6.45) is 3.53. The van der Waals surface area contributed by atoms with E-state index in [2.05, 4.69) is 62.2 Å². The minimum Gasteiger partial charge on any atom is -0.311 e. The summed E-state index contributed by atoms with van der Waals surface area (Å²) in [5.41, 5.74) is 3.16. The molecule has 0 aliphatic carbocycles. The van der Waals surface area contributed by atoms with E-state index >= 15 is 0 Å². The molecule has 2 atom stereocenters. The summed E-state index contributed by atoms with van der Waals surface area (Å²) < 4.78 is 0. The molecule has 1 heterocycles. The lowest BCUT2D eigenvalue weighted by molar-refractivity contribution is 0.0408. The van der Waals surface area contributed by atoms with Gasteiger partial charge in [0.05, 0.1) is 0 Å². The summed E-state index contributed by atoms with van der Waals surface area (Å²) in [6.45, 7) is 12.5. The van der Waals surface area contributed by atoms with E-state index in [0.29, 0.717) is 6.04 Å². The van der Waals surface area contributed by atoms with Crippen molar-refractivity contribution in [2.75, 3.05) is 13.1 Å². The molecule has 2 heteroatoms. The molecule has 20 heavy (non-hydrogen) atoms. The van der Waals surface area contributed by atoms with E-state index in [4.69, 9.17) is 0 Å². The molecule has 0 bridgehead atoms. The van der Waals surface area contributed by atoms with E-state index in [-0.39, 0.29) is 5.54 Å². The van der Waals surface area contributed by atoms with E-state index in [0.717, 1.165) is 26.1 Å². The van der Waals surface area contributed by atoms with Crippen molar-refractivity contribution >= 4 is 0 Å². The monoisotopic (exact) mass is 274 g/mol. The van der Waals surface area contributed by atoms with E-state index in [9.17, 15) is 0 Å². The van der Waals surface area contributed by atoms with Crippen LogP contribution >= 0.6 is 0 Å². The van der Waals surface area contributed by atoms with Gasteiger partial charge in [-0.1, -0.05) is 45.0 Å². The topological polar surface area (TPSA) is 15.3 Å². The second-order valence-corrected chi connectivity index (χ2v) is 6.39. The molecule has 0 aromatic heterocycles. The fourth-order valence-electron chi connectivity index (χ4n) is 3.01. The lowest BCUT2D eigenvalue weighted by Gasteiger charge is -2.48. The van der Waals surface area contributed by atoms with Crippen LogP contribution in [0.15, 0.2) is 24.3 Å². The minimum atomic E-state index is 0.287. The molecule has 0 saturated carbocycles. The van der Waals surface area contributed by atoms with Crippen LogP contribution in [-0.4, -0.2) is 29.6 Å². The van der Waals surface area contributed by atoms with Gasteiger partial charge in [-0.15, -0.1) is 0 Å². The Morgan fingerprint density at radius 3 is 2.35 bits per heavy atom. The van der Waals surface area contributed by atoms with Gasteiger partial charge < -0.3 is 5.32 Å². The molecule has 2 unspecified atom stereocenters. The van der Waals surface area contributed by atoms with Gasteiger partial charge in [-0.2, -0.15) is 0 Å². The average Bonchev–Trinajstić information content (AvgIpc) is 2.50. The Morgan fingerprint density at radius 2 is 1.80 bits per heavy atom. The van der Waals surface area contributed by atoms with Gasteiger partial charge in [-0.3, -0.25) is 4.90 Å². The van der Waals surface area contributed by atoms with E-state index in [1.165, 1.54) is 24.0 Å². The number of nitrogens with one attached hydrogen (secondary N) is 1. The Balaban J connectivity index is 2.09. The van der Waals surface area contributed by atoms with E-state index in [1.54, 1.807) is 0 Å². The Bertz CT molecular complexity index is 412. The maximum absolute atomic E-state index is 3.70. The Labute approximate surface area is 124 Å². The summed E-state index contributed by atoms with van der Waals surface area (Å²) in [5, 5.41) is 3.70. The van der Waals surface area contributed by atoms with Gasteiger partial charge in [0.2, 0.25) is 0 Å². The number of nitrogens with zero attached hydrogens (tertiary/aromatic N) is 1. The molecule has 0 radical (unpaired) electrons. The van der Waals surface area contributed by atoms with Crippen LogP contribution in [0.3, 0.4) is 0 Å². The van der Waals surface area contributed by atoms with Gasteiger partial charge in [0.15, 0.2) is 0 Å². The molecule has 1 aromatic carbocycles. The van der Waals surface area contributed by atoms with Crippen molar-refractivity contribution < 1.29 is 0 Å². The van der Waals surface area contributed by atoms with Crippen molar-refractivity contribution in [1.29, 1.82) is 0 Å². The largest absolute Gasteiger partial charge is 0.311 e. The van der Waals surface area contributed by atoms with Crippen LogP contribution in [0.2, 0.25) is 0 Å². The Morgan fingerprint density at radius 1 is 1.15 bits per heavy atom. The summed E-state index contributed by atoms with van der Waals surface area (Å²) in [7, 11) is 0. The van der Waals surface area contributed by atoms with Crippen LogP contribution in [-0.2, 0) is 13.0 Å². The van der Waals surface area contributed by atoms with Crippen molar-refractivity contribution in [3.63, 3.8) is 0 Å². The molecule has 1 fully saturated rings. The van der Waals surface area contributed by atoms with Crippen molar-refractivity contribution in [2.24, 2.45) is 0 Å². The van der Waals surface area contributed by atoms with Gasteiger partial charge in [-0.25, -0.2) is 0 Å². The highest BCUT2D eigenvalue weighted by Crippen LogP contribution is 2.25. The van der Waals surface area contributed by atoms with Crippen molar-refractivity contribution in [3.05, 3.63) is 35.4 Å². The van der Waals surface area contributed by atoms with Crippen LogP contribution in [0.1, 0.15) is 51.7 Å². The third kappa shape index (κ3) is 3.42. The first-order valence-corrected chi connectivity index (χ1v) is 8.17. The van der Waals surface area contributed by atoms with Gasteiger partial charge in [0.1, 0.15) is 0 Å². The van der Waals surface area contributed by atoms with E-state index < -0.39 is 0 Å². The molecular weight excluding hydrogens is 244 g/mol. The highest BCUT2D eigenvalue weighted by atomic mass is 15.3. The zero-order valence-electron chi connectivity index (χ0n) is 13.6. The standard InChI is InChI=1S/C18H30N2/c1-5-15-8-10-16(11-9-15)12-20-13-17(6-2)19-14-18(20,4)7-3/h8-11,17,19H,5-7,12-14H2,1-4H3. The first-order valence-electron chi connectivity index (χ1n) is 8.17. The van der Waals surface area contributed by atoms with E-state index in [1.807, 2.05) is 0 Å². The molecule has 2 nitrogen and oxygen atoms in total. The SMILES string of the molecule is CCc1ccc(CN2CC(CC)NCC2(C)CC)cc1. The van der Waals surface area contributed by atoms with Crippen molar-refractivity contribution in [3.8, 4) is 0 Å².